The molecule has 21 heavy (non-hydrogen) atoms. The molecule has 0 spiro atoms. The predicted molar refractivity (Wildman–Crippen MR) is 77.0 cm³/mol. The third kappa shape index (κ3) is 3.90. The molecule has 0 atom stereocenters. The van der Waals surface area contributed by atoms with Crippen LogP contribution in [0.4, 0.5) is 5.69 Å². The summed E-state index contributed by atoms with van der Waals surface area (Å²) in [6, 6.07) is 7.22. The molecular weight excluding hydrogens is 272 g/mol. The van der Waals surface area contributed by atoms with Crippen molar-refractivity contribution in [3.63, 3.8) is 0 Å². The van der Waals surface area contributed by atoms with E-state index in [4.69, 9.17) is 10.8 Å². The Bertz CT molecular complexity index is 651. The second-order valence-electron chi connectivity index (χ2n) is 4.47. The highest BCUT2D eigenvalue weighted by Crippen LogP contribution is 2.13. The van der Waals surface area contributed by atoms with Crippen molar-refractivity contribution in [2.24, 2.45) is 5.73 Å². The maximum atomic E-state index is 12.2. The summed E-state index contributed by atoms with van der Waals surface area (Å²) in [5.74, 6) is -1.27. The van der Waals surface area contributed by atoms with Crippen molar-refractivity contribution >= 4 is 17.6 Å². The number of carboxylic acids is 1. The number of nitrogens with one attached hydrogen (secondary N) is 1. The average molecular weight is 288 g/mol. The van der Waals surface area contributed by atoms with E-state index in [2.05, 4.69) is 10.4 Å². The Morgan fingerprint density at radius 3 is 2.81 bits per heavy atom. The fourth-order valence-electron chi connectivity index (χ4n) is 1.97. The number of aromatic nitrogens is 2. The molecule has 0 aliphatic carbocycles. The molecule has 0 aliphatic rings. The maximum Gasteiger partial charge on any atom is 0.325 e. The largest absolute Gasteiger partial charge is 0.480 e. The van der Waals surface area contributed by atoms with E-state index in [0.29, 0.717) is 24.2 Å². The first-order valence-corrected chi connectivity index (χ1v) is 6.43. The molecule has 0 saturated carbocycles. The molecule has 0 saturated heterocycles. The van der Waals surface area contributed by atoms with Gasteiger partial charge >= 0.3 is 5.97 Å². The van der Waals surface area contributed by atoms with Crippen LogP contribution >= 0.6 is 0 Å². The normalized spacial score (nSPS) is 10.3. The van der Waals surface area contributed by atoms with Crippen molar-refractivity contribution in [3.05, 3.63) is 47.8 Å². The standard InChI is InChI=1S/C14H16N4O3/c15-6-5-10-3-1-2-4-12(10)14(21)17-11-7-16-18(8-11)9-13(19)20/h1-4,7-8H,5-6,9,15H2,(H,17,21)(H,19,20). The van der Waals surface area contributed by atoms with Crippen LogP contribution in [-0.4, -0.2) is 33.3 Å². The Morgan fingerprint density at radius 2 is 2.10 bits per heavy atom. The topological polar surface area (TPSA) is 110 Å². The van der Waals surface area contributed by atoms with Crippen LogP contribution in [0.5, 0.6) is 0 Å². The van der Waals surface area contributed by atoms with Crippen LogP contribution in [-0.2, 0) is 17.8 Å². The minimum Gasteiger partial charge on any atom is -0.480 e. The van der Waals surface area contributed by atoms with Crippen molar-refractivity contribution in [2.45, 2.75) is 13.0 Å². The number of anilines is 1. The van der Waals surface area contributed by atoms with E-state index in [0.717, 1.165) is 5.56 Å². The summed E-state index contributed by atoms with van der Waals surface area (Å²) in [6.45, 7) is 0.209. The number of aliphatic carboxylic acids is 1. The number of hydrogen-bond donors (Lipinski definition) is 3. The Balaban J connectivity index is 2.11. The molecule has 110 valence electrons. The van der Waals surface area contributed by atoms with Gasteiger partial charge < -0.3 is 16.2 Å². The fraction of sp³-hybridized carbons (Fsp3) is 0.214. The van der Waals surface area contributed by atoms with Gasteiger partial charge in [-0.05, 0) is 24.6 Å². The fourth-order valence-corrected chi connectivity index (χ4v) is 1.97. The number of benzene rings is 1. The molecular formula is C14H16N4O3. The van der Waals surface area contributed by atoms with E-state index in [-0.39, 0.29) is 12.5 Å². The smallest absolute Gasteiger partial charge is 0.325 e. The molecule has 2 aromatic rings. The molecule has 0 aliphatic heterocycles. The summed E-state index contributed by atoms with van der Waals surface area (Å²) in [7, 11) is 0. The number of nitrogens with two attached hydrogens (primary N) is 1. The van der Waals surface area contributed by atoms with Crippen LogP contribution < -0.4 is 11.1 Å². The minimum atomic E-state index is -0.996. The zero-order chi connectivity index (χ0) is 15.2. The second kappa shape index (κ2) is 6.67. The second-order valence-corrected chi connectivity index (χ2v) is 4.47. The lowest BCUT2D eigenvalue weighted by Crippen LogP contribution is -2.15. The number of nitrogens with zero attached hydrogens (tertiary/aromatic N) is 2. The number of rotatable bonds is 6. The molecule has 7 heteroatoms. The quantitative estimate of drug-likeness (QED) is 0.725. The van der Waals surface area contributed by atoms with E-state index in [1.54, 1.807) is 12.1 Å². The number of carbonyl (C=O) groups is 2. The van der Waals surface area contributed by atoms with E-state index in [1.807, 2.05) is 12.1 Å². The lowest BCUT2D eigenvalue weighted by molar-refractivity contribution is -0.137. The van der Waals surface area contributed by atoms with Gasteiger partial charge in [-0.2, -0.15) is 5.10 Å². The third-order valence-electron chi connectivity index (χ3n) is 2.86. The lowest BCUT2D eigenvalue weighted by Gasteiger charge is -2.08. The van der Waals surface area contributed by atoms with Gasteiger partial charge in [-0.25, -0.2) is 0 Å². The summed E-state index contributed by atoms with van der Waals surface area (Å²) < 4.78 is 1.24. The summed E-state index contributed by atoms with van der Waals surface area (Å²) in [6.07, 6.45) is 3.49. The Morgan fingerprint density at radius 1 is 1.33 bits per heavy atom. The first-order valence-electron chi connectivity index (χ1n) is 6.43. The van der Waals surface area contributed by atoms with E-state index < -0.39 is 5.97 Å². The lowest BCUT2D eigenvalue weighted by atomic mass is 10.0. The molecule has 2 rings (SSSR count). The zero-order valence-electron chi connectivity index (χ0n) is 11.3. The van der Waals surface area contributed by atoms with Crippen LogP contribution in [0.15, 0.2) is 36.7 Å². The van der Waals surface area contributed by atoms with E-state index in [9.17, 15) is 9.59 Å². The summed E-state index contributed by atoms with van der Waals surface area (Å²) >= 11 is 0. The van der Waals surface area contributed by atoms with Crippen LogP contribution in [0.3, 0.4) is 0 Å². The Kier molecular flexibility index (Phi) is 4.68. The summed E-state index contributed by atoms with van der Waals surface area (Å²) in [4.78, 5) is 22.8. The van der Waals surface area contributed by atoms with Gasteiger partial charge in [0, 0.05) is 11.8 Å². The summed E-state index contributed by atoms with van der Waals surface area (Å²) in [5.41, 5.74) is 7.40. The minimum absolute atomic E-state index is 0.250. The SMILES string of the molecule is NCCc1ccccc1C(=O)Nc1cnn(CC(=O)O)c1. The number of amides is 1. The highest BCUT2D eigenvalue weighted by Gasteiger charge is 2.12. The van der Waals surface area contributed by atoms with Crippen molar-refractivity contribution in [2.75, 3.05) is 11.9 Å². The van der Waals surface area contributed by atoms with E-state index >= 15 is 0 Å². The highest BCUT2D eigenvalue weighted by molar-refractivity contribution is 6.05. The van der Waals surface area contributed by atoms with Crippen molar-refractivity contribution in [1.29, 1.82) is 0 Å². The molecule has 0 bridgehead atoms. The Labute approximate surface area is 121 Å². The third-order valence-corrected chi connectivity index (χ3v) is 2.86. The maximum absolute atomic E-state index is 12.2. The van der Waals surface area contributed by atoms with Crippen LogP contribution in [0.1, 0.15) is 15.9 Å². The molecule has 1 heterocycles. The van der Waals surface area contributed by atoms with Gasteiger partial charge in [0.2, 0.25) is 0 Å². The number of carbonyl (C=O) groups excluding carboxylic acids is 1. The van der Waals surface area contributed by atoms with Gasteiger partial charge in [-0.1, -0.05) is 18.2 Å². The molecule has 4 N–H and O–H groups in total. The van der Waals surface area contributed by atoms with Gasteiger partial charge in [0.1, 0.15) is 6.54 Å². The molecule has 0 fully saturated rings. The van der Waals surface area contributed by atoms with Gasteiger partial charge in [-0.3, -0.25) is 14.3 Å². The monoisotopic (exact) mass is 288 g/mol. The average Bonchev–Trinajstić information content (AvgIpc) is 2.86. The molecule has 0 radical (unpaired) electrons. The van der Waals surface area contributed by atoms with Gasteiger partial charge in [0.25, 0.3) is 5.91 Å². The highest BCUT2D eigenvalue weighted by atomic mass is 16.4. The van der Waals surface area contributed by atoms with Gasteiger partial charge in [-0.15, -0.1) is 0 Å². The molecule has 1 aromatic carbocycles. The molecule has 1 aromatic heterocycles. The number of carboxylic acid groups (broad SMARTS) is 1. The van der Waals surface area contributed by atoms with Gasteiger partial charge in [0.15, 0.2) is 0 Å². The van der Waals surface area contributed by atoms with Crippen molar-refractivity contribution < 1.29 is 14.7 Å². The van der Waals surface area contributed by atoms with Gasteiger partial charge in [0.05, 0.1) is 11.9 Å². The molecule has 1 amide bonds. The van der Waals surface area contributed by atoms with Crippen LogP contribution in [0.2, 0.25) is 0 Å². The zero-order valence-corrected chi connectivity index (χ0v) is 11.3. The Hall–Kier alpha value is -2.67. The first kappa shape index (κ1) is 14.7. The molecule has 7 nitrogen and oxygen atoms in total. The van der Waals surface area contributed by atoms with Crippen LogP contribution in [0, 0.1) is 0 Å². The first-order chi connectivity index (χ1) is 10.1. The molecule has 0 unspecified atom stereocenters. The van der Waals surface area contributed by atoms with Crippen molar-refractivity contribution in [1.82, 2.24) is 9.78 Å². The summed E-state index contributed by atoms with van der Waals surface area (Å²) in [5, 5.41) is 15.2. The predicted octanol–water partition coefficient (Wildman–Crippen LogP) is 0.721. The van der Waals surface area contributed by atoms with E-state index in [1.165, 1.54) is 17.1 Å². The number of hydrogen-bond acceptors (Lipinski definition) is 4. The van der Waals surface area contributed by atoms with Crippen LogP contribution in [0.25, 0.3) is 0 Å². The van der Waals surface area contributed by atoms with Crippen molar-refractivity contribution in [3.8, 4) is 0 Å².